The van der Waals surface area contributed by atoms with Gasteiger partial charge < -0.3 is 5.73 Å². The number of nitrogens with zero attached hydrogens (tertiary/aromatic N) is 1. The molecule has 1 heterocycles. The highest BCUT2D eigenvalue weighted by molar-refractivity contribution is 4.90. The van der Waals surface area contributed by atoms with Gasteiger partial charge in [0.1, 0.15) is 0 Å². The van der Waals surface area contributed by atoms with Gasteiger partial charge in [-0.15, -0.1) is 0 Å². The third kappa shape index (κ3) is 2.54. The molecule has 0 aromatic carbocycles. The van der Waals surface area contributed by atoms with Gasteiger partial charge in [-0.25, -0.2) is 0 Å². The van der Waals surface area contributed by atoms with Gasteiger partial charge >= 0.3 is 0 Å². The summed E-state index contributed by atoms with van der Waals surface area (Å²) in [6.07, 6.45) is 7.00. The van der Waals surface area contributed by atoms with Gasteiger partial charge in [-0.05, 0) is 43.6 Å². The zero-order valence-electron chi connectivity index (χ0n) is 10.3. The van der Waals surface area contributed by atoms with Gasteiger partial charge in [-0.1, -0.05) is 20.3 Å². The first-order valence-electron chi connectivity index (χ1n) is 6.56. The van der Waals surface area contributed by atoms with E-state index in [4.69, 9.17) is 5.73 Å². The maximum Gasteiger partial charge on any atom is 0.0246 e. The fraction of sp³-hybridized carbons (Fsp3) is 1.00. The average Bonchev–Trinajstić information content (AvgIpc) is 2.09. The first kappa shape index (κ1) is 11.4. The first-order chi connectivity index (χ1) is 7.12. The minimum absolute atomic E-state index is 0.509. The van der Waals surface area contributed by atoms with Gasteiger partial charge in [-0.2, -0.15) is 0 Å². The van der Waals surface area contributed by atoms with E-state index in [1.165, 1.54) is 45.2 Å². The number of likely N-dealkylation sites (tertiary alicyclic amines) is 1. The molecule has 2 fully saturated rings. The molecule has 2 N–H and O–H groups in total. The van der Waals surface area contributed by atoms with Gasteiger partial charge in [0.25, 0.3) is 0 Å². The zero-order chi connectivity index (χ0) is 10.9. The highest BCUT2D eigenvalue weighted by Gasteiger charge is 2.35. The van der Waals surface area contributed by atoms with Crippen molar-refractivity contribution >= 4 is 0 Å². The molecule has 1 unspecified atom stereocenters. The third-order valence-electron chi connectivity index (χ3n) is 4.33. The van der Waals surface area contributed by atoms with Crippen LogP contribution in [-0.2, 0) is 0 Å². The molecule has 88 valence electrons. The molecule has 2 rings (SSSR count). The molecule has 0 amide bonds. The lowest BCUT2D eigenvalue weighted by molar-refractivity contribution is 0.0344. The first-order valence-corrected chi connectivity index (χ1v) is 6.56. The molecule has 0 aromatic rings. The highest BCUT2D eigenvalue weighted by Crippen LogP contribution is 2.36. The summed E-state index contributed by atoms with van der Waals surface area (Å²) in [7, 11) is 0. The molecule has 15 heavy (non-hydrogen) atoms. The Morgan fingerprint density at radius 2 is 2.07 bits per heavy atom. The quantitative estimate of drug-likeness (QED) is 0.774. The van der Waals surface area contributed by atoms with Crippen LogP contribution in [0.25, 0.3) is 0 Å². The summed E-state index contributed by atoms with van der Waals surface area (Å²) in [6, 6.07) is 0.679. The molecule has 2 heteroatoms. The Balaban J connectivity index is 1.94. The summed E-state index contributed by atoms with van der Waals surface area (Å²) in [5.74, 6) is 0.906. The Kier molecular flexibility index (Phi) is 3.36. The standard InChI is InChI=1S/C13H26N2/c1-13(2)7-4-8-15(10-13)12(9-14)11-5-3-6-11/h11-12H,3-10,14H2,1-2H3. The molecule has 1 aliphatic heterocycles. The van der Waals surface area contributed by atoms with E-state index in [2.05, 4.69) is 18.7 Å². The molecule has 1 atom stereocenters. The van der Waals surface area contributed by atoms with Gasteiger partial charge in [0.2, 0.25) is 0 Å². The Hall–Kier alpha value is -0.0800. The fourth-order valence-electron chi connectivity index (χ4n) is 3.22. The van der Waals surface area contributed by atoms with E-state index in [-0.39, 0.29) is 0 Å². The van der Waals surface area contributed by atoms with E-state index >= 15 is 0 Å². The maximum absolute atomic E-state index is 5.96. The summed E-state index contributed by atoms with van der Waals surface area (Å²) in [4.78, 5) is 2.67. The Morgan fingerprint density at radius 3 is 2.53 bits per heavy atom. The molecule has 0 spiro atoms. The lowest BCUT2D eigenvalue weighted by Crippen LogP contribution is -2.53. The number of piperidine rings is 1. The van der Waals surface area contributed by atoms with E-state index in [1.807, 2.05) is 0 Å². The maximum atomic E-state index is 5.96. The van der Waals surface area contributed by atoms with E-state index in [0.29, 0.717) is 11.5 Å². The molecule has 0 aromatic heterocycles. The molecule has 0 bridgehead atoms. The fourth-order valence-corrected chi connectivity index (χ4v) is 3.22. The van der Waals surface area contributed by atoms with Crippen LogP contribution >= 0.6 is 0 Å². The zero-order valence-corrected chi connectivity index (χ0v) is 10.3. The van der Waals surface area contributed by atoms with E-state index in [0.717, 1.165) is 12.5 Å². The Morgan fingerprint density at radius 1 is 1.33 bits per heavy atom. The van der Waals surface area contributed by atoms with Crippen LogP contribution in [-0.4, -0.2) is 30.6 Å². The number of rotatable bonds is 3. The molecular weight excluding hydrogens is 184 g/mol. The number of hydrogen-bond acceptors (Lipinski definition) is 2. The van der Waals surface area contributed by atoms with Crippen molar-refractivity contribution < 1.29 is 0 Å². The number of nitrogens with two attached hydrogens (primary N) is 1. The molecule has 1 aliphatic carbocycles. The third-order valence-corrected chi connectivity index (χ3v) is 4.33. The second-order valence-corrected chi connectivity index (χ2v) is 6.23. The minimum Gasteiger partial charge on any atom is -0.329 e. The van der Waals surface area contributed by atoms with Crippen molar-refractivity contribution in [2.75, 3.05) is 19.6 Å². The van der Waals surface area contributed by atoms with Crippen LogP contribution in [0.1, 0.15) is 46.0 Å². The van der Waals surface area contributed by atoms with Gasteiger partial charge in [-0.3, -0.25) is 4.90 Å². The van der Waals surface area contributed by atoms with Crippen molar-refractivity contribution in [3.63, 3.8) is 0 Å². The van der Waals surface area contributed by atoms with Crippen molar-refractivity contribution in [1.29, 1.82) is 0 Å². The van der Waals surface area contributed by atoms with Gasteiger partial charge in [0.05, 0.1) is 0 Å². The van der Waals surface area contributed by atoms with Crippen LogP contribution in [0, 0.1) is 11.3 Å². The van der Waals surface area contributed by atoms with Crippen LogP contribution in [0.3, 0.4) is 0 Å². The minimum atomic E-state index is 0.509. The predicted molar refractivity (Wildman–Crippen MR) is 64.8 cm³/mol. The molecule has 2 aliphatic rings. The van der Waals surface area contributed by atoms with E-state index in [9.17, 15) is 0 Å². The molecule has 1 saturated carbocycles. The van der Waals surface area contributed by atoms with Crippen LogP contribution in [0.2, 0.25) is 0 Å². The van der Waals surface area contributed by atoms with Crippen molar-refractivity contribution in [2.24, 2.45) is 17.1 Å². The summed E-state index contributed by atoms with van der Waals surface area (Å²) < 4.78 is 0. The molecular formula is C13H26N2. The van der Waals surface area contributed by atoms with Crippen molar-refractivity contribution in [3.05, 3.63) is 0 Å². The van der Waals surface area contributed by atoms with Crippen LogP contribution < -0.4 is 5.73 Å². The summed E-state index contributed by atoms with van der Waals surface area (Å²) in [6.45, 7) is 8.19. The molecule has 0 radical (unpaired) electrons. The topological polar surface area (TPSA) is 29.3 Å². The van der Waals surface area contributed by atoms with Crippen LogP contribution in [0.5, 0.6) is 0 Å². The van der Waals surface area contributed by atoms with Crippen molar-refractivity contribution in [2.45, 2.75) is 52.0 Å². The van der Waals surface area contributed by atoms with Crippen LogP contribution in [0.15, 0.2) is 0 Å². The van der Waals surface area contributed by atoms with Crippen molar-refractivity contribution in [3.8, 4) is 0 Å². The second kappa shape index (κ2) is 4.42. The lowest BCUT2D eigenvalue weighted by Gasteiger charge is -2.46. The molecule has 2 nitrogen and oxygen atoms in total. The van der Waals surface area contributed by atoms with E-state index in [1.54, 1.807) is 0 Å². The van der Waals surface area contributed by atoms with E-state index < -0.39 is 0 Å². The lowest BCUT2D eigenvalue weighted by atomic mass is 9.76. The molecule has 1 saturated heterocycles. The monoisotopic (exact) mass is 210 g/mol. The second-order valence-electron chi connectivity index (χ2n) is 6.23. The smallest absolute Gasteiger partial charge is 0.0246 e. The summed E-state index contributed by atoms with van der Waals surface area (Å²) in [5.41, 5.74) is 6.47. The summed E-state index contributed by atoms with van der Waals surface area (Å²) in [5, 5.41) is 0. The van der Waals surface area contributed by atoms with Crippen LogP contribution in [0.4, 0.5) is 0 Å². The predicted octanol–water partition coefficient (Wildman–Crippen LogP) is 2.24. The van der Waals surface area contributed by atoms with Crippen molar-refractivity contribution in [1.82, 2.24) is 4.90 Å². The number of hydrogen-bond donors (Lipinski definition) is 1. The Labute approximate surface area is 94.2 Å². The summed E-state index contributed by atoms with van der Waals surface area (Å²) >= 11 is 0. The van der Waals surface area contributed by atoms with Gasteiger partial charge in [0.15, 0.2) is 0 Å². The van der Waals surface area contributed by atoms with Gasteiger partial charge in [0, 0.05) is 19.1 Å². The normalized spacial score (nSPS) is 29.8. The largest absolute Gasteiger partial charge is 0.329 e. The Bertz CT molecular complexity index is 209. The highest BCUT2D eigenvalue weighted by atomic mass is 15.2. The average molecular weight is 210 g/mol. The SMILES string of the molecule is CC1(C)CCCN(C(CN)C2CCC2)C1.